The molecule has 0 aromatic rings. The zero-order valence-electron chi connectivity index (χ0n) is 13.0. The molecular formula is C16H34. The van der Waals surface area contributed by atoms with Crippen molar-refractivity contribution in [2.45, 2.75) is 87.5 Å². The highest BCUT2D eigenvalue weighted by Crippen LogP contribution is 2.46. The van der Waals surface area contributed by atoms with Crippen LogP contribution in [0.1, 0.15) is 87.5 Å². The van der Waals surface area contributed by atoms with Gasteiger partial charge in [-0.1, -0.05) is 74.7 Å². The van der Waals surface area contributed by atoms with Crippen molar-refractivity contribution >= 4 is 0 Å². The summed E-state index contributed by atoms with van der Waals surface area (Å²) in [6.07, 6.45) is 6.64. The van der Waals surface area contributed by atoms with Crippen LogP contribution in [0.5, 0.6) is 0 Å². The Bertz CT molecular complexity index is 193. The van der Waals surface area contributed by atoms with E-state index in [1.807, 2.05) is 0 Å². The van der Waals surface area contributed by atoms with Crippen molar-refractivity contribution < 1.29 is 0 Å². The molecule has 0 heteroatoms. The Balaban J connectivity index is 4.71. The van der Waals surface area contributed by atoms with Crippen LogP contribution in [0, 0.1) is 16.2 Å². The lowest BCUT2D eigenvalue weighted by Crippen LogP contribution is -2.30. The van der Waals surface area contributed by atoms with Crippen molar-refractivity contribution in [3.8, 4) is 0 Å². The molecule has 0 N–H and O–H groups in total. The number of hydrogen-bond donors (Lipinski definition) is 0. The largest absolute Gasteiger partial charge is 0.0649 e. The van der Waals surface area contributed by atoms with Gasteiger partial charge in [-0.25, -0.2) is 0 Å². The van der Waals surface area contributed by atoms with E-state index in [-0.39, 0.29) is 0 Å². The molecule has 0 aromatic carbocycles. The van der Waals surface area contributed by atoms with Crippen LogP contribution in [0.4, 0.5) is 0 Å². The summed E-state index contributed by atoms with van der Waals surface area (Å²) in [6, 6.07) is 0. The molecule has 98 valence electrons. The molecule has 0 aliphatic carbocycles. The minimum atomic E-state index is 0.452. The molecule has 0 nitrogen and oxygen atoms in total. The Morgan fingerprint density at radius 3 is 1.19 bits per heavy atom. The predicted octanol–water partition coefficient (Wildman–Crippen LogP) is 6.06. The summed E-state index contributed by atoms with van der Waals surface area (Å²) in [4.78, 5) is 0. The summed E-state index contributed by atoms with van der Waals surface area (Å²) in [6.45, 7) is 19.1. The molecule has 0 heterocycles. The number of hydrogen-bond acceptors (Lipinski definition) is 0. The third-order valence-electron chi connectivity index (χ3n) is 4.37. The molecule has 0 saturated carbocycles. The van der Waals surface area contributed by atoms with Crippen molar-refractivity contribution in [1.29, 1.82) is 0 Å². The van der Waals surface area contributed by atoms with Crippen LogP contribution in [0.2, 0.25) is 0 Å². The summed E-state index contributed by atoms with van der Waals surface area (Å²) in [5, 5.41) is 0. The molecule has 0 rings (SSSR count). The molecule has 0 aliphatic heterocycles. The Labute approximate surface area is 104 Å². The van der Waals surface area contributed by atoms with E-state index in [1.165, 1.54) is 32.1 Å². The first-order valence-electron chi connectivity index (χ1n) is 7.10. The first-order valence-corrected chi connectivity index (χ1v) is 7.10. The standard InChI is InChI=1S/C16H34/c1-9-15(7,10-2)13-16(8,11-3)12-14(4,5)6/h9-13H2,1-8H3. The normalized spacial score (nSPS) is 17.2. The van der Waals surface area contributed by atoms with Crippen molar-refractivity contribution in [3.05, 3.63) is 0 Å². The maximum absolute atomic E-state index is 2.49. The van der Waals surface area contributed by atoms with Gasteiger partial charge in [-0.3, -0.25) is 0 Å². The van der Waals surface area contributed by atoms with Gasteiger partial charge < -0.3 is 0 Å². The minimum absolute atomic E-state index is 0.452. The first kappa shape index (κ1) is 16.0. The van der Waals surface area contributed by atoms with Crippen LogP contribution < -0.4 is 0 Å². The molecule has 0 spiro atoms. The second kappa shape index (κ2) is 5.56. The van der Waals surface area contributed by atoms with Crippen LogP contribution in [0.3, 0.4) is 0 Å². The fourth-order valence-electron chi connectivity index (χ4n) is 3.12. The molecule has 0 aliphatic rings. The molecule has 0 fully saturated rings. The lowest BCUT2D eigenvalue weighted by Gasteiger charge is -2.42. The fourth-order valence-corrected chi connectivity index (χ4v) is 3.12. The molecule has 0 amide bonds. The molecular weight excluding hydrogens is 192 g/mol. The van der Waals surface area contributed by atoms with Gasteiger partial charge in [0.25, 0.3) is 0 Å². The minimum Gasteiger partial charge on any atom is -0.0649 e. The topological polar surface area (TPSA) is 0 Å². The smallest absolute Gasteiger partial charge is 0.0318 e. The van der Waals surface area contributed by atoms with Crippen LogP contribution in [-0.2, 0) is 0 Å². The van der Waals surface area contributed by atoms with E-state index >= 15 is 0 Å². The first-order chi connectivity index (χ1) is 7.10. The lowest BCUT2D eigenvalue weighted by atomic mass is 9.64. The fraction of sp³-hybridized carbons (Fsp3) is 1.00. The summed E-state index contributed by atoms with van der Waals surface area (Å²) in [7, 11) is 0. The maximum Gasteiger partial charge on any atom is -0.0318 e. The Hall–Kier alpha value is 0. The van der Waals surface area contributed by atoms with Crippen molar-refractivity contribution in [2.24, 2.45) is 16.2 Å². The molecule has 0 saturated heterocycles. The van der Waals surface area contributed by atoms with Crippen LogP contribution in [-0.4, -0.2) is 0 Å². The van der Waals surface area contributed by atoms with Gasteiger partial charge in [0, 0.05) is 0 Å². The lowest BCUT2D eigenvalue weighted by molar-refractivity contribution is 0.0952. The van der Waals surface area contributed by atoms with E-state index in [0.717, 1.165) is 0 Å². The Morgan fingerprint density at radius 2 is 0.938 bits per heavy atom. The zero-order chi connectivity index (χ0) is 13.0. The van der Waals surface area contributed by atoms with Crippen LogP contribution in [0.15, 0.2) is 0 Å². The van der Waals surface area contributed by atoms with Gasteiger partial charge in [-0.15, -0.1) is 0 Å². The Morgan fingerprint density at radius 1 is 0.562 bits per heavy atom. The quantitative estimate of drug-likeness (QED) is 0.517. The predicted molar refractivity (Wildman–Crippen MR) is 75.8 cm³/mol. The monoisotopic (exact) mass is 226 g/mol. The summed E-state index contributed by atoms with van der Waals surface area (Å²) in [5.74, 6) is 0. The summed E-state index contributed by atoms with van der Waals surface area (Å²) < 4.78 is 0. The van der Waals surface area contributed by atoms with Gasteiger partial charge in [0.15, 0.2) is 0 Å². The molecule has 0 bridgehead atoms. The summed E-state index contributed by atoms with van der Waals surface area (Å²) >= 11 is 0. The molecule has 1 atom stereocenters. The highest BCUT2D eigenvalue weighted by Gasteiger charge is 2.34. The Kier molecular flexibility index (Phi) is 5.56. The van der Waals surface area contributed by atoms with Gasteiger partial charge in [0.1, 0.15) is 0 Å². The summed E-state index contributed by atoms with van der Waals surface area (Å²) in [5.41, 5.74) is 1.50. The van der Waals surface area contributed by atoms with Gasteiger partial charge in [-0.2, -0.15) is 0 Å². The second-order valence-corrected chi connectivity index (χ2v) is 7.60. The maximum atomic E-state index is 2.49. The van der Waals surface area contributed by atoms with E-state index in [0.29, 0.717) is 16.2 Å². The van der Waals surface area contributed by atoms with Crippen molar-refractivity contribution in [2.75, 3.05) is 0 Å². The molecule has 1 unspecified atom stereocenters. The van der Waals surface area contributed by atoms with Gasteiger partial charge in [0.2, 0.25) is 0 Å². The van der Waals surface area contributed by atoms with E-state index in [4.69, 9.17) is 0 Å². The van der Waals surface area contributed by atoms with Crippen LogP contribution in [0.25, 0.3) is 0 Å². The second-order valence-electron chi connectivity index (χ2n) is 7.60. The van der Waals surface area contributed by atoms with Crippen molar-refractivity contribution in [3.63, 3.8) is 0 Å². The molecule has 16 heavy (non-hydrogen) atoms. The SMILES string of the molecule is CCC(C)(CC)CC(C)(CC)CC(C)(C)C. The van der Waals surface area contributed by atoms with Crippen LogP contribution >= 0.6 is 0 Å². The average Bonchev–Trinajstić information content (AvgIpc) is 2.15. The number of rotatable bonds is 6. The third-order valence-corrected chi connectivity index (χ3v) is 4.37. The van der Waals surface area contributed by atoms with E-state index in [2.05, 4.69) is 55.4 Å². The highest BCUT2D eigenvalue weighted by atomic mass is 14.4. The van der Waals surface area contributed by atoms with E-state index < -0.39 is 0 Å². The zero-order valence-corrected chi connectivity index (χ0v) is 13.0. The highest BCUT2D eigenvalue weighted by molar-refractivity contribution is 4.86. The van der Waals surface area contributed by atoms with E-state index in [9.17, 15) is 0 Å². The van der Waals surface area contributed by atoms with Gasteiger partial charge >= 0.3 is 0 Å². The third kappa shape index (κ3) is 5.37. The molecule has 0 radical (unpaired) electrons. The average molecular weight is 226 g/mol. The van der Waals surface area contributed by atoms with Gasteiger partial charge in [0.05, 0.1) is 0 Å². The van der Waals surface area contributed by atoms with E-state index in [1.54, 1.807) is 0 Å². The van der Waals surface area contributed by atoms with Gasteiger partial charge in [-0.05, 0) is 29.1 Å². The molecule has 0 aromatic heterocycles. The van der Waals surface area contributed by atoms with Crippen molar-refractivity contribution in [1.82, 2.24) is 0 Å².